The van der Waals surface area contributed by atoms with E-state index in [1.54, 1.807) is 24.6 Å². The van der Waals surface area contributed by atoms with Gasteiger partial charge in [-0.15, -0.1) is 0 Å². The van der Waals surface area contributed by atoms with Gasteiger partial charge < -0.3 is 14.2 Å². The molecule has 0 N–H and O–H groups in total. The molecule has 0 amide bonds. The highest BCUT2D eigenvalue weighted by atomic mass is 16.6. The van der Waals surface area contributed by atoms with Crippen LogP contribution in [0, 0.1) is 10.1 Å². The summed E-state index contributed by atoms with van der Waals surface area (Å²) in [6, 6.07) is 15.3. The highest BCUT2D eigenvalue weighted by Gasteiger charge is 2.16. The fourth-order valence-corrected chi connectivity index (χ4v) is 3.78. The van der Waals surface area contributed by atoms with Gasteiger partial charge in [0, 0.05) is 57.0 Å². The Bertz CT molecular complexity index is 932. The number of aromatic nitrogens is 1. The minimum atomic E-state index is -0.354. The third-order valence-electron chi connectivity index (χ3n) is 5.68. The number of nitro groups is 1. The summed E-state index contributed by atoms with van der Waals surface area (Å²) in [6.07, 6.45) is 5.22. The quantitative estimate of drug-likeness (QED) is 0.420. The van der Waals surface area contributed by atoms with Gasteiger partial charge in [0.1, 0.15) is 6.26 Å². The van der Waals surface area contributed by atoms with Crippen LogP contribution in [0.25, 0.3) is 11.5 Å². The zero-order chi connectivity index (χ0) is 20.8. The molecule has 0 radical (unpaired) electrons. The molecule has 2 aromatic carbocycles. The van der Waals surface area contributed by atoms with E-state index in [4.69, 9.17) is 4.42 Å². The van der Waals surface area contributed by atoms with Gasteiger partial charge in [-0.25, -0.2) is 4.98 Å². The van der Waals surface area contributed by atoms with Crippen LogP contribution >= 0.6 is 0 Å². The van der Waals surface area contributed by atoms with Gasteiger partial charge in [-0.3, -0.25) is 10.1 Å². The number of hydrogen-bond donors (Lipinski definition) is 0. The average molecular weight is 406 g/mol. The first kappa shape index (κ1) is 20.3. The van der Waals surface area contributed by atoms with Gasteiger partial charge in [-0.05, 0) is 36.1 Å². The number of non-ortho nitro benzene ring substituents is 1. The summed E-state index contributed by atoms with van der Waals surface area (Å²) in [5.41, 5.74) is 3.63. The molecule has 1 aliphatic heterocycles. The van der Waals surface area contributed by atoms with Crippen molar-refractivity contribution in [2.45, 2.75) is 12.8 Å². The van der Waals surface area contributed by atoms with Crippen LogP contribution in [-0.4, -0.2) is 59.0 Å². The highest BCUT2D eigenvalue weighted by molar-refractivity contribution is 5.53. The molecule has 4 rings (SSSR count). The number of oxazole rings is 1. The van der Waals surface area contributed by atoms with Crippen molar-refractivity contribution in [3.8, 4) is 11.5 Å². The lowest BCUT2D eigenvalue weighted by Crippen LogP contribution is -2.47. The maximum atomic E-state index is 10.7. The van der Waals surface area contributed by atoms with E-state index in [0.717, 1.165) is 63.2 Å². The minimum absolute atomic E-state index is 0.152. The Morgan fingerprint density at radius 3 is 1.87 bits per heavy atom. The standard InChI is InChI=1S/C23H26N4O3/c28-27(29)22-7-3-20(4-8-22)10-13-26-16-14-25(15-17-26)12-9-19-1-5-21(6-2-19)23-24-11-18-30-23/h1-8,11,18H,9-10,12-17H2. The molecule has 3 aromatic rings. The summed E-state index contributed by atoms with van der Waals surface area (Å²) >= 11 is 0. The summed E-state index contributed by atoms with van der Waals surface area (Å²) in [4.78, 5) is 19.6. The van der Waals surface area contributed by atoms with Crippen molar-refractivity contribution in [1.29, 1.82) is 0 Å². The molecule has 0 aliphatic carbocycles. The largest absolute Gasteiger partial charge is 0.445 e. The van der Waals surface area contributed by atoms with E-state index in [1.165, 1.54) is 5.56 Å². The molecule has 1 aromatic heterocycles. The van der Waals surface area contributed by atoms with Crippen molar-refractivity contribution in [1.82, 2.24) is 14.8 Å². The van der Waals surface area contributed by atoms with E-state index >= 15 is 0 Å². The number of nitro benzene ring substituents is 1. The molecule has 2 heterocycles. The molecule has 7 heteroatoms. The molecule has 1 fully saturated rings. The Labute approximate surface area is 176 Å². The third-order valence-corrected chi connectivity index (χ3v) is 5.68. The van der Waals surface area contributed by atoms with Crippen molar-refractivity contribution >= 4 is 5.69 Å². The molecule has 0 atom stereocenters. The van der Waals surface area contributed by atoms with E-state index < -0.39 is 0 Å². The molecule has 0 bridgehead atoms. The molecular formula is C23H26N4O3. The maximum absolute atomic E-state index is 10.7. The van der Waals surface area contributed by atoms with Gasteiger partial charge >= 0.3 is 0 Å². The zero-order valence-electron chi connectivity index (χ0n) is 16.9. The Morgan fingerprint density at radius 2 is 1.40 bits per heavy atom. The van der Waals surface area contributed by atoms with Crippen LogP contribution in [-0.2, 0) is 12.8 Å². The van der Waals surface area contributed by atoms with Crippen molar-refractivity contribution in [2.75, 3.05) is 39.3 Å². The predicted molar refractivity (Wildman–Crippen MR) is 115 cm³/mol. The van der Waals surface area contributed by atoms with E-state index in [2.05, 4.69) is 39.0 Å². The second kappa shape index (κ2) is 9.65. The van der Waals surface area contributed by atoms with Crippen LogP contribution in [0.2, 0.25) is 0 Å². The smallest absolute Gasteiger partial charge is 0.269 e. The van der Waals surface area contributed by atoms with Crippen molar-refractivity contribution < 1.29 is 9.34 Å². The first-order valence-corrected chi connectivity index (χ1v) is 10.3. The first-order valence-electron chi connectivity index (χ1n) is 10.3. The Balaban J connectivity index is 1.17. The third kappa shape index (κ3) is 5.31. The summed E-state index contributed by atoms with van der Waals surface area (Å²) in [5, 5.41) is 10.7. The average Bonchev–Trinajstić information content (AvgIpc) is 3.33. The normalized spacial score (nSPS) is 15.3. The van der Waals surface area contributed by atoms with Crippen molar-refractivity contribution in [3.05, 3.63) is 82.2 Å². The summed E-state index contributed by atoms with van der Waals surface area (Å²) in [5.74, 6) is 0.659. The van der Waals surface area contributed by atoms with E-state index in [9.17, 15) is 10.1 Å². The molecule has 7 nitrogen and oxygen atoms in total. The monoisotopic (exact) mass is 406 g/mol. The Morgan fingerprint density at radius 1 is 0.867 bits per heavy atom. The van der Waals surface area contributed by atoms with Gasteiger partial charge in [-0.2, -0.15) is 0 Å². The van der Waals surface area contributed by atoms with E-state index in [0.29, 0.717) is 5.89 Å². The Hall–Kier alpha value is -3.03. The highest BCUT2D eigenvalue weighted by Crippen LogP contribution is 2.18. The first-order chi connectivity index (χ1) is 14.7. The van der Waals surface area contributed by atoms with Gasteiger partial charge in [0.2, 0.25) is 5.89 Å². The van der Waals surface area contributed by atoms with E-state index in [-0.39, 0.29) is 10.6 Å². The molecule has 1 aliphatic rings. The topological polar surface area (TPSA) is 75.7 Å². The zero-order valence-corrected chi connectivity index (χ0v) is 16.9. The minimum Gasteiger partial charge on any atom is -0.445 e. The van der Waals surface area contributed by atoms with Crippen molar-refractivity contribution in [3.63, 3.8) is 0 Å². The van der Waals surface area contributed by atoms with E-state index in [1.807, 2.05) is 12.1 Å². The number of hydrogen-bond acceptors (Lipinski definition) is 6. The van der Waals surface area contributed by atoms with Gasteiger partial charge in [0.15, 0.2) is 0 Å². The van der Waals surface area contributed by atoms with Gasteiger partial charge in [0.25, 0.3) is 5.69 Å². The molecule has 156 valence electrons. The number of piperazine rings is 1. The lowest BCUT2D eigenvalue weighted by molar-refractivity contribution is -0.384. The fourth-order valence-electron chi connectivity index (χ4n) is 3.78. The summed E-state index contributed by atoms with van der Waals surface area (Å²) in [6.45, 7) is 6.35. The molecule has 0 saturated carbocycles. The number of rotatable bonds is 8. The van der Waals surface area contributed by atoms with Crippen LogP contribution in [0.4, 0.5) is 5.69 Å². The Kier molecular flexibility index (Phi) is 6.51. The fraction of sp³-hybridized carbons (Fsp3) is 0.348. The summed E-state index contributed by atoms with van der Waals surface area (Å²) < 4.78 is 5.34. The maximum Gasteiger partial charge on any atom is 0.269 e. The lowest BCUT2D eigenvalue weighted by Gasteiger charge is -2.34. The molecule has 0 unspecified atom stereocenters. The molecule has 30 heavy (non-hydrogen) atoms. The van der Waals surface area contributed by atoms with Crippen LogP contribution in [0.5, 0.6) is 0 Å². The molecular weight excluding hydrogens is 380 g/mol. The number of nitrogens with zero attached hydrogens (tertiary/aromatic N) is 4. The van der Waals surface area contributed by atoms with Crippen LogP contribution in [0.15, 0.2) is 65.4 Å². The second-order valence-electron chi connectivity index (χ2n) is 7.64. The second-order valence-corrected chi connectivity index (χ2v) is 7.64. The lowest BCUT2D eigenvalue weighted by atomic mass is 10.1. The molecule has 0 spiro atoms. The summed E-state index contributed by atoms with van der Waals surface area (Å²) in [7, 11) is 0. The van der Waals surface area contributed by atoms with Gasteiger partial charge in [-0.1, -0.05) is 24.3 Å². The van der Waals surface area contributed by atoms with Crippen LogP contribution < -0.4 is 0 Å². The van der Waals surface area contributed by atoms with Gasteiger partial charge in [0.05, 0.1) is 11.1 Å². The number of benzene rings is 2. The SMILES string of the molecule is O=[N+]([O-])c1ccc(CCN2CCN(CCc3ccc(-c4ncco4)cc3)CC2)cc1. The van der Waals surface area contributed by atoms with Crippen LogP contribution in [0.3, 0.4) is 0 Å². The predicted octanol–water partition coefficient (Wildman–Crippen LogP) is 3.65. The van der Waals surface area contributed by atoms with Crippen molar-refractivity contribution in [2.24, 2.45) is 0 Å². The van der Waals surface area contributed by atoms with Crippen LogP contribution in [0.1, 0.15) is 11.1 Å². The molecule has 1 saturated heterocycles.